The predicted molar refractivity (Wildman–Crippen MR) is 73.5 cm³/mol. The molecule has 0 aliphatic carbocycles. The largest absolute Gasteiger partial charge is 0.490 e. The number of alkyl halides is 5. The Balaban J connectivity index is -0.000000196. The Bertz CT molecular complexity index is 190. The smallest absolute Gasteiger partial charge is 0.475 e. The minimum atomic E-state index is -5.08. The quantitative estimate of drug-likeness (QED) is 0.601. The number of hydrogen-bond acceptors (Lipinski definition) is 1. The van der Waals surface area contributed by atoms with Crippen molar-refractivity contribution in [2.75, 3.05) is 0 Å². The Morgan fingerprint density at radius 3 is 1.33 bits per heavy atom. The summed E-state index contributed by atoms with van der Waals surface area (Å²) < 4.78 is 31.7. The maximum absolute atomic E-state index is 10.6. The van der Waals surface area contributed by atoms with Gasteiger partial charge in [0.25, 0.3) is 0 Å². The van der Waals surface area contributed by atoms with Crippen molar-refractivity contribution >= 4 is 38.0 Å². The minimum Gasteiger partial charge on any atom is -0.475 e. The fourth-order valence-electron chi connectivity index (χ4n) is 0.866. The van der Waals surface area contributed by atoms with E-state index in [0.29, 0.717) is 0 Å². The normalized spacial score (nSPS) is 10.4. The van der Waals surface area contributed by atoms with E-state index >= 15 is 0 Å². The van der Waals surface area contributed by atoms with Crippen molar-refractivity contribution in [2.24, 2.45) is 0 Å². The van der Waals surface area contributed by atoms with Crippen LogP contribution in [0, 0.1) is 0 Å². The molecule has 0 saturated carbocycles. The zero-order chi connectivity index (χ0) is 15.4. The van der Waals surface area contributed by atoms with E-state index in [-0.39, 0.29) is 13.6 Å². The van der Waals surface area contributed by atoms with E-state index in [1.54, 1.807) is 6.92 Å². The van der Waals surface area contributed by atoms with E-state index in [1.165, 1.54) is 18.1 Å². The molecule has 0 saturated heterocycles. The first-order valence-corrected chi connectivity index (χ1v) is 8.93. The van der Waals surface area contributed by atoms with Crippen LogP contribution in [0.4, 0.5) is 13.2 Å². The monoisotopic (exact) mass is 328 g/mol. The highest BCUT2D eigenvalue weighted by Crippen LogP contribution is 2.13. The Labute approximate surface area is 118 Å². The van der Waals surface area contributed by atoms with Crippen LogP contribution < -0.4 is 0 Å². The van der Waals surface area contributed by atoms with E-state index in [1.807, 2.05) is 0 Å². The number of hydrogen-bond donors (Lipinski definition) is 1. The molecule has 0 heterocycles. The van der Waals surface area contributed by atoms with Crippen molar-refractivity contribution < 1.29 is 23.1 Å². The fourth-order valence-corrected chi connectivity index (χ4v) is 2.60. The van der Waals surface area contributed by atoms with Crippen molar-refractivity contribution in [1.29, 1.82) is 0 Å². The van der Waals surface area contributed by atoms with Crippen molar-refractivity contribution in [3.05, 3.63) is 0 Å². The number of carboxylic acid groups (broad SMARTS) is 1. The van der Waals surface area contributed by atoms with Crippen molar-refractivity contribution in [3.8, 4) is 0 Å². The van der Waals surface area contributed by atoms with Gasteiger partial charge in [-0.25, -0.2) is 4.79 Å². The number of carboxylic acids is 1. The van der Waals surface area contributed by atoms with Gasteiger partial charge in [-0.15, -0.1) is 23.2 Å². The van der Waals surface area contributed by atoms with Crippen molar-refractivity contribution in [2.45, 2.75) is 56.8 Å². The van der Waals surface area contributed by atoms with Gasteiger partial charge in [-0.05, 0) is 6.92 Å². The molecule has 8 heteroatoms. The second-order valence-corrected chi connectivity index (χ2v) is 9.13. The van der Waals surface area contributed by atoms with Crippen LogP contribution in [0.15, 0.2) is 0 Å². The molecule has 0 aromatic heterocycles. The number of halogens is 5. The Morgan fingerprint density at radius 2 is 1.33 bits per heavy atom. The lowest BCUT2D eigenvalue weighted by molar-refractivity contribution is -0.192. The molecule has 0 aliphatic heterocycles. The van der Waals surface area contributed by atoms with E-state index < -0.39 is 12.1 Å². The first-order chi connectivity index (χ1) is 8.02. The Hall–Kier alpha value is 0.0569. The first-order valence-electron chi connectivity index (χ1n) is 5.60. The highest BCUT2D eigenvalue weighted by atomic mass is 35.5. The zero-order valence-corrected chi connectivity index (χ0v) is 13.7. The molecule has 0 aromatic rings. The molecule has 0 fully saturated rings. The lowest BCUT2D eigenvalue weighted by atomic mass is 10.7. The molecule has 0 atom stereocenters. The van der Waals surface area contributed by atoms with Crippen LogP contribution in [-0.2, 0) is 4.79 Å². The molecule has 0 aromatic carbocycles. The van der Waals surface area contributed by atoms with Gasteiger partial charge in [0.1, 0.15) is 4.84 Å². The van der Waals surface area contributed by atoms with Crippen LogP contribution in [-0.4, -0.2) is 30.9 Å². The summed E-state index contributed by atoms with van der Waals surface area (Å²) in [5.74, 6) is -2.76. The first kappa shape index (κ1) is 23.2. The fraction of sp³-hybridized carbons (Fsp3) is 0.900. The Morgan fingerprint density at radius 1 is 1.17 bits per heavy atom. The summed E-state index contributed by atoms with van der Waals surface area (Å²) in [5.41, 5.74) is 0. The Kier molecular flexibility index (Phi) is 17.4. The van der Waals surface area contributed by atoms with Crippen molar-refractivity contribution in [3.63, 3.8) is 0 Å². The third-order valence-electron chi connectivity index (χ3n) is 1.97. The van der Waals surface area contributed by atoms with E-state index in [4.69, 9.17) is 33.1 Å². The molecule has 2 nitrogen and oxygen atoms in total. The summed E-state index contributed by atoms with van der Waals surface area (Å²) in [4.78, 5) is 8.67. The second-order valence-electron chi connectivity index (χ2n) is 3.41. The summed E-state index contributed by atoms with van der Waals surface area (Å²) in [5, 5.41) is 7.12. The maximum atomic E-state index is 10.6. The van der Waals surface area contributed by atoms with Gasteiger partial charge in [0.2, 0.25) is 0 Å². The summed E-state index contributed by atoms with van der Waals surface area (Å²) in [6.45, 7) is 8.67. The van der Waals surface area contributed by atoms with Crippen LogP contribution in [0.1, 0.15) is 27.7 Å². The molecule has 18 heavy (non-hydrogen) atoms. The van der Waals surface area contributed by atoms with Gasteiger partial charge in [-0.1, -0.05) is 38.9 Å². The van der Waals surface area contributed by atoms with E-state index in [9.17, 15) is 13.2 Å². The van der Waals surface area contributed by atoms with Gasteiger partial charge >= 0.3 is 12.1 Å². The molecule has 0 bridgehead atoms. The zero-order valence-electron chi connectivity index (χ0n) is 11.0. The molecular weight excluding hydrogens is 308 g/mol. The molecule has 0 amide bonds. The van der Waals surface area contributed by atoms with Gasteiger partial charge in [-0.2, -0.15) is 13.2 Å². The van der Waals surface area contributed by atoms with Crippen LogP contribution in [0.3, 0.4) is 0 Å². The van der Waals surface area contributed by atoms with Gasteiger partial charge in [0.05, 0.1) is 0 Å². The van der Waals surface area contributed by atoms with Crippen LogP contribution in [0.5, 0.6) is 0 Å². The van der Waals surface area contributed by atoms with Crippen LogP contribution >= 0.6 is 23.2 Å². The van der Waals surface area contributed by atoms with Gasteiger partial charge in [0, 0.05) is 8.80 Å². The number of aliphatic carboxylic acids is 1. The lowest BCUT2D eigenvalue weighted by Gasteiger charge is -2.03. The van der Waals surface area contributed by atoms with Crippen LogP contribution in [0.2, 0.25) is 18.1 Å². The third-order valence-corrected chi connectivity index (χ3v) is 5.44. The molecule has 0 aliphatic rings. The number of carbonyl (C=O) groups is 1. The van der Waals surface area contributed by atoms with Gasteiger partial charge in [-0.3, -0.25) is 0 Å². The van der Waals surface area contributed by atoms with Crippen molar-refractivity contribution in [1.82, 2.24) is 0 Å². The average molecular weight is 329 g/mol. The van der Waals surface area contributed by atoms with Gasteiger partial charge < -0.3 is 5.11 Å². The summed E-state index contributed by atoms with van der Waals surface area (Å²) in [7, 11) is -0.171. The highest BCUT2D eigenvalue weighted by Gasteiger charge is 2.38. The second kappa shape index (κ2) is 13.5. The van der Waals surface area contributed by atoms with E-state index in [0.717, 1.165) is 0 Å². The highest BCUT2D eigenvalue weighted by molar-refractivity contribution is 6.58. The SMILES string of the molecule is CC(Cl)Cl.CC[SiH](CC)CC.O=C(O)C(F)(F)F. The summed E-state index contributed by atoms with van der Waals surface area (Å²) in [6.07, 6.45) is -5.08. The summed E-state index contributed by atoms with van der Waals surface area (Å²) in [6, 6.07) is 4.48. The third kappa shape index (κ3) is 25.0. The van der Waals surface area contributed by atoms with Gasteiger partial charge in [0.15, 0.2) is 0 Å². The molecule has 0 spiro atoms. The van der Waals surface area contributed by atoms with Crippen LogP contribution in [0.25, 0.3) is 0 Å². The average Bonchev–Trinajstić information content (AvgIpc) is 2.19. The van der Waals surface area contributed by atoms with E-state index in [2.05, 4.69) is 20.8 Å². The molecule has 0 unspecified atom stereocenters. The molecular formula is C10H21Cl2F3O2Si. The predicted octanol–water partition coefficient (Wildman–Crippen LogP) is 4.72. The summed E-state index contributed by atoms with van der Waals surface area (Å²) >= 11 is 10.1. The molecule has 0 rings (SSSR count). The molecule has 112 valence electrons. The maximum Gasteiger partial charge on any atom is 0.490 e. The lowest BCUT2D eigenvalue weighted by Crippen LogP contribution is -2.21. The minimum absolute atomic E-state index is 0.171. The topological polar surface area (TPSA) is 37.3 Å². The molecule has 0 radical (unpaired) electrons. The standard InChI is InChI=1S/C6H16Si.C2H4Cl2.C2HF3O2/c1-4-7(5-2)6-3;1-2(3)4;3-2(4,5)1(6)7/h7H,4-6H2,1-3H3;2H,1H3;(H,6,7). The number of rotatable bonds is 3. The molecule has 1 N–H and O–H groups in total.